The first-order chi connectivity index (χ1) is 18.2. The van der Waals surface area contributed by atoms with Gasteiger partial charge in [0.1, 0.15) is 5.69 Å². The number of halogens is 2. The highest BCUT2D eigenvalue weighted by atomic mass is 35.5. The van der Waals surface area contributed by atoms with Crippen LogP contribution >= 0.6 is 23.2 Å². The number of nitro groups is 1. The van der Waals surface area contributed by atoms with Crippen molar-refractivity contribution >= 4 is 40.5 Å². The number of aryl methyl sites for hydroxylation is 2. The van der Waals surface area contributed by atoms with E-state index in [0.717, 1.165) is 16.8 Å². The predicted octanol–water partition coefficient (Wildman–Crippen LogP) is 6.33. The molecule has 5 rings (SSSR count). The Balaban J connectivity index is 1.42. The predicted molar refractivity (Wildman–Crippen MR) is 150 cm³/mol. The summed E-state index contributed by atoms with van der Waals surface area (Å²) in [7, 11) is 0. The fourth-order valence-corrected chi connectivity index (χ4v) is 4.80. The number of hydrogen-bond acceptors (Lipinski definition) is 5. The molecule has 0 N–H and O–H groups in total. The van der Waals surface area contributed by atoms with Gasteiger partial charge in [-0.1, -0.05) is 35.3 Å². The molecule has 2 heterocycles. The monoisotopic (exact) mass is 549 g/mol. The summed E-state index contributed by atoms with van der Waals surface area (Å²) < 4.78 is 1.62. The maximum atomic E-state index is 13.8. The minimum atomic E-state index is -0.413. The number of aromatic nitrogens is 2. The van der Waals surface area contributed by atoms with Gasteiger partial charge in [-0.25, -0.2) is 4.68 Å². The molecule has 4 aromatic rings. The molecule has 1 aliphatic rings. The van der Waals surface area contributed by atoms with Crippen LogP contribution in [0.1, 0.15) is 21.6 Å². The molecular weight excluding hydrogens is 525 g/mol. The van der Waals surface area contributed by atoms with E-state index >= 15 is 0 Å². The number of piperazine rings is 1. The van der Waals surface area contributed by atoms with Gasteiger partial charge in [-0.3, -0.25) is 14.9 Å². The fraction of sp³-hybridized carbons (Fsp3) is 0.214. The number of benzene rings is 3. The quantitative estimate of drug-likeness (QED) is 0.214. The second-order valence-electron chi connectivity index (χ2n) is 9.28. The van der Waals surface area contributed by atoms with Crippen molar-refractivity contribution < 1.29 is 9.72 Å². The molecule has 0 atom stereocenters. The Morgan fingerprint density at radius 1 is 0.842 bits per heavy atom. The first-order valence-corrected chi connectivity index (χ1v) is 12.9. The Hall–Kier alpha value is -3.88. The average Bonchev–Trinajstić information content (AvgIpc) is 3.37. The summed E-state index contributed by atoms with van der Waals surface area (Å²) in [5.41, 5.74) is 5.94. The molecule has 194 valence electrons. The van der Waals surface area contributed by atoms with Crippen LogP contribution in [0.15, 0.2) is 66.7 Å². The molecule has 0 spiro atoms. The second-order valence-corrected chi connectivity index (χ2v) is 10.1. The Morgan fingerprint density at radius 2 is 1.53 bits per heavy atom. The molecule has 8 nitrogen and oxygen atoms in total. The van der Waals surface area contributed by atoms with Crippen LogP contribution in [0.3, 0.4) is 0 Å². The molecule has 0 saturated carbocycles. The number of carbonyl (C=O) groups is 1. The van der Waals surface area contributed by atoms with Crippen molar-refractivity contribution in [3.63, 3.8) is 0 Å². The number of non-ortho nitro benzene ring substituents is 1. The third-order valence-electron chi connectivity index (χ3n) is 6.87. The highest BCUT2D eigenvalue weighted by Crippen LogP contribution is 2.29. The van der Waals surface area contributed by atoms with Gasteiger partial charge >= 0.3 is 0 Å². The number of nitrogens with zero attached hydrogens (tertiary/aromatic N) is 5. The zero-order valence-corrected chi connectivity index (χ0v) is 22.4. The van der Waals surface area contributed by atoms with E-state index in [1.54, 1.807) is 39.9 Å². The van der Waals surface area contributed by atoms with Crippen molar-refractivity contribution in [1.29, 1.82) is 0 Å². The Bertz CT molecular complexity index is 1530. The zero-order chi connectivity index (χ0) is 27.0. The van der Waals surface area contributed by atoms with Crippen LogP contribution in [0.5, 0.6) is 0 Å². The summed E-state index contributed by atoms with van der Waals surface area (Å²) in [6.45, 7) is 6.32. The van der Waals surface area contributed by atoms with Gasteiger partial charge < -0.3 is 9.80 Å². The van der Waals surface area contributed by atoms with E-state index in [9.17, 15) is 14.9 Å². The maximum Gasteiger partial charge on any atom is 0.272 e. The molecule has 1 saturated heterocycles. The van der Waals surface area contributed by atoms with Crippen LogP contribution in [0.25, 0.3) is 16.9 Å². The molecule has 38 heavy (non-hydrogen) atoms. The lowest BCUT2D eigenvalue weighted by Gasteiger charge is -2.36. The Morgan fingerprint density at radius 3 is 2.16 bits per heavy atom. The van der Waals surface area contributed by atoms with E-state index in [1.807, 2.05) is 25.1 Å². The Labute approximate surface area is 230 Å². The largest absolute Gasteiger partial charge is 0.368 e. The Kier molecular flexibility index (Phi) is 7.10. The van der Waals surface area contributed by atoms with E-state index in [-0.39, 0.29) is 11.6 Å². The van der Waals surface area contributed by atoms with Gasteiger partial charge in [0.2, 0.25) is 0 Å². The van der Waals surface area contributed by atoms with E-state index in [0.29, 0.717) is 53.3 Å². The van der Waals surface area contributed by atoms with Gasteiger partial charge in [0.15, 0.2) is 0 Å². The topological polar surface area (TPSA) is 84.5 Å². The normalized spacial score (nSPS) is 13.6. The van der Waals surface area contributed by atoms with Crippen molar-refractivity contribution in [2.24, 2.45) is 0 Å². The smallest absolute Gasteiger partial charge is 0.272 e. The molecule has 3 aromatic carbocycles. The zero-order valence-electron chi connectivity index (χ0n) is 20.9. The third-order valence-corrected chi connectivity index (χ3v) is 7.61. The third kappa shape index (κ3) is 5.10. The van der Waals surface area contributed by atoms with Crippen LogP contribution in [0.4, 0.5) is 11.4 Å². The summed E-state index contributed by atoms with van der Waals surface area (Å²) in [6.07, 6.45) is 0. The number of nitro benzene ring substituents is 1. The molecule has 1 amide bonds. The van der Waals surface area contributed by atoms with E-state index in [1.165, 1.54) is 17.7 Å². The van der Waals surface area contributed by atoms with Crippen molar-refractivity contribution in [1.82, 2.24) is 14.7 Å². The highest BCUT2D eigenvalue weighted by molar-refractivity contribution is 6.42. The van der Waals surface area contributed by atoms with Crippen molar-refractivity contribution in [3.05, 3.63) is 104 Å². The van der Waals surface area contributed by atoms with E-state index in [2.05, 4.69) is 17.9 Å². The lowest BCUT2D eigenvalue weighted by molar-refractivity contribution is -0.384. The fourth-order valence-electron chi connectivity index (χ4n) is 4.50. The molecule has 1 aliphatic heterocycles. The number of amides is 1. The van der Waals surface area contributed by atoms with Gasteiger partial charge in [-0.2, -0.15) is 5.10 Å². The molecule has 1 fully saturated rings. The lowest BCUT2D eigenvalue weighted by Crippen LogP contribution is -2.49. The van der Waals surface area contributed by atoms with Crippen LogP contribution < -0.4 is 4.90 Å². The van der Waals surface area contributed by atoms with Gasteiger partial charge in [0.05, 0.1) is 26.3 Å². The first-order valence-electron chi connectivity index (χ1n) is 12.1. The number of carbonyl (C=O) groups excluding carboxylic acids is 1. The van der Waals surface area contributed by atoms with Gasteiger partial charge in [-0.05, 0) is 67.4 Å². The van der Waals surface area contributed by atoms with Gasteiger partial charge in [-0.15, -0.1) is 0 Å². The van der Waals surface area contributed by atoms with Crippen LogP contribution in [-0.4, -0.2) is 51.7 Å². The van der Waals surface area contributed by atoms with Crippen LogP contribution in [-0.2, 0) is 0 Å². The molecule has 0 bridgehead atoms. The van der Waals surface area contributed by atoms with E-state index in [4.69, 9.17) is 28.3 Å². The average molecular weight is 550 g/mol. The van der Waals surface area contributed by atoms with Crippen molar-refractivity contribution in [3.8, 4) is 16.9 Å². The highest BCUT2D eigenvalue weighted by Gasteiger charge is 2.27. The van der Waals surface area contributed by atoms with Gasteiger partial charge in [0.25, 0.3) is 11.6 Å². The molecular formula is C28H25Cl2N5O3. The summed E-state index contributed by atoms with van der Waals surface area (Å²) in [4.78, 5) is 28.2. The minimum Gasteiger partial charge on any atom is -0.368 e. The van der Waals surface area contributed by atoms with Crippen LogP contribution in [0, 0.1) is 24.0 Å². The maximum absolute atomic E-state index is 13.8. The van der Waals surface area contributed by atoms with Gasteiger partial charge in [0, 0.05) is 49.6 Å². The van der Waals surface area contributed by atoms with Crippen molar-refractivity contribution in [2.45, 2.75) is 13.8 Å². The SMILES string of the molecule is Cc1ccc(-c2cc(C(=O)N3CCN(c4ccc([N+](=O)[O-])cc4)CC3)n(-c3ccc(Cl)c(Cl)c3)n2)cc1C. The number of anilines is 1. The van der Waals surface area contributed by atoms with Crippen LogP contribution in [0.2, 0.25) is 10.0 Å². The molecule has 0 aliphatic carbocycles. The molecule has 0 radical (unpaired) electrons. The summed E-state index contributed by atoms with van der Waals surface area (Å²) in [5, 5.41) is 16.6. The summed E-state index contributed by atoms with van der Waals surface area (Å²) in [6, 6.07) is 19.6. The first kappa shape index (κ1) is 25.8. The number of hydrogen-bond donors (Lipinski definition) is 0. The lowest BCUT2D eigenvalue weighted by atomic mass is 10.0. The molecule has 1 aromatic heterocycles. The molecule has 0 unspecified atom stereocenters. The molecule has 10 heteroatoms. The van der Waals surface area contributed by atoms with E-state index < -0.39 is 4.92 Å². The second kappa shape index (κ2) is 10.5. The minimum absolute atomic E-state index is 0.0534. The summed E-state index contributed by atoms with van der Waals surface area (Å²) >= 11 is 12.4. The standard InChI is InChI=1S/C28H25Cl2N5O3/c1-18-3-4-20(15-19(18)2)26-17-27(34(31-26)23-9-10-24(29)25(30)16-23)28(36)33-13-11-32(12-14-33)21-5-7-22(8-6-21)35(37)38/h3-10,15-17H,11-14H2,1-2H3. The van der Waals surface area contributed by atoms with Crippen molar-refractivity contribution in [2.75, 3.05) is 31.1 Å². The number of rotatable bonds is 5. The summed E-state index contributed by atoms with van der Waals surface area (Å²) in [5.74, 6) is -0.137.